The molecule has 1 aliphatic heterocycles. The second-order valence-corrected chi connectivity index (χ2v) is 5.62. The van der Waals surface area contributed by atoms with E-state index in [1.165, 1.54) is 12.3 Å². The summed E-state index contributed by atoms with van der Waals surface area (Å²) in [5.74, 6) is 1.30. The van der Waals surface area contributed by atoms with Crippen LogP contribution in [-0.4, -0.2) is 47.7 Å². The van der Waals surface area contributed by atoms with Crippen molar-refractivity contribution in [1.29, 1.82) is 0 Å². The Morgan fingerprint density at radius 3 is 2.44 bits per heavy atom. The van der Waals surface area contributed by atoms with Gasteiger partial charge >= 0.3 is 6.18 Å². The summed E-state index contributed by atoms with van der Waals surface area (Å²) in [6, 6.07) is 4.16. The Bertz CT molecular complexity index is 713. The summed E-state index contributed by atoms with van der Waals surface area (Å²) >= 11 is 0. The Hall–Kier alpha value is -2.58. The number of hydrogen-bond acceptors (Lipinski definition) is 6. The van der Waals surface area contributed by atoms with Crippen molar-refractivity contribution in [1.82, 2.24) is 15.0 Å². The van der Waals surface area contributed by atoms with Crippen molar-refractivity contribution in [2.75, 3.05) is 47.8 Å². The third kappa shape index (κ3) is 3.92. The van der Waals surface area contributed by atoms with Crippen molar-refractivity contribution < 1.29 is 13.2 Å². The molecule has 25 heavy (non-hydrogen) atoms. The molecule has 0 bridgehead atoms. The molecule has 2 aromatic heterocycles. The highest BCUT2D eigenvalue weighted by molar-refractivity contribution is 5.50. The summed E-state index contributed by atoms with van der Waals surface area (Å²) in [5.41, 5.74) is -0.700. The van der Waals surface area contributed by atoms with E-state index in [0.29, 0.717) is 32.1 Å². The zero-order valence-corrected chi connectivity index (χ0v) is 13.8. The van der Waals surface area contributed by atoms with Crippen LogP contribution in [0.2, 0.25) is 0 Å². The van der Waals surface area contributed by atoms with Gasteiger partial charge in [-0.1, -0.05) is 0 Å². The molecule has 0 aromatic carbocycles. The van der Waals surface area contributed by atoms with Crippen molar-refractivity contribution in [2.45, 2.75) is 13.1 Å². The minimum absolute atomic E-state index is 0.0167. The molecule has 6 nitrogen and oxygen atoms in total. The molecule has 0 atom stereocenters. The van der Waals surface area contributed by atoms with Gasteiger partial charge in [0.15, 0.2) is 0 Å². The number of alkyl halides is 3. The lowest BCUT2D eigenvalue weighted by Gasteiger charge is -2.36. The fourth-order valence-corrected chi connectivity index (χ4v) is 2.77. The van der Waals surface area contributed by atoms with Gasteiger partial charge in [-0.25, -0.2) is 9.97 Å². The second-order valence-electron chi connectivity index (χ2n) is 5.62. The van der Waals surface area contributed by atoms with Gasteiger partial charge in [-0.2, -0.15) is 18.2 Å². The van der Waals surface area contributed by atoms with Gasteiger partial charge in [-0.3, -0.25) is 0 Å². The molecule has 0 amide bonds. The van der Waals surface area contributed by atoms with E-state index in [1.54, 1.807) is 17.2 Å². The topological polar surface area (TPSA) is 57.2 Å². The number of rotatable bonds is 4. The van der Waals surface area contributed by atoms with Crippen LogP contribution in [0.3, 0.4) is 0 Å². The van der Waals surface area contributed by atoms with E-state index < -0.39 is 11.7 Å². The van der Waals surface area contributed by atoms with Crippen molar-refractivity contribution in [3.8, 4) is 0 Å². The molecule has 3 rings (SSSR count). The van der Waals surface area contributed by atoms with E-state index in [4.69, 9.17) is 0 Å². The third-order valence-corrected chi connectivity index (χ3v) is 3.95. The number of hydrogen-bond donors (Lipinski definition) is 1. The van der Waals surface area contributed by atoms with E-state index in [1.807, 2.05) is 11.8 Å². The first kappa shape index (κ1) is 17.2. The number of anilines is 3. The summed E-state index contributed by atoms with van der Waals surface area (Å²) in [4.78, 5) is 16.3. The molecule has 1 saturated heterocycles. The highest BCUT2D eigenvalue weighted by Crippen LogP contribution is 2.35. The minimum Gasteiger partial charge on any atom is -0.370 e. The monoisotopic (exact) mass is 352 g/mol. The fourth-order valence-electron chi connectivity index (χ4n) is 2.77. The van der Waals surface area contributed by atoms with Gasteiger partial charge in [0.2, 0.25) is 5.95 Å². The van der Waals surface area contributed by atoms with E-state index in [2.05, 4.69) is 20.3 Å². The maximum Gasteiger partial charge on any atom is 0.419 e. The van der Waals surface area contributed by atoms with Crippen LogP contribution in [0.15, 0.2) is 30.6 Å². The molecule has 0 unspecified atom stereocenters. The lowest BCUT2D eigenvalue weighted by atomic mass is 10.2. The molecule has 3 heterocycles. The lowest BCUT2D eigenvalue weighted by molar-refractivity contribution is -0.137. The molecular weight excluding hydrogens is 333 g/mol. The largest absolute Gasteiger partial charge is 0.419 e. The van der Waals surface area contributed by atoms with Gasteiger partial charge in [0.25, 0.3) is 0 Å². The summed E-state index contributed by atoms with van der Waals surface area (Å²) in [6.07, 6.45) is -1.35. The molecule has 0 spiro atoms. The van der Waals surface area contributed by atoms with Gasteiger partial charge in [-0.05, 0) is 25.1 Å². The van der Waals surface area contributed by atoms with Crippen LogP contribution >= 0.6 is 0 Å². The van der Waals surface area contributed by atoms with Gasteiger partial charge in [-0.15, -0.1) is 0 Å². The summed E-state index contributed by atoms with van der Waals surface area (Å²) < 4.78 is 39.5. The first-order valence-corrected chi connectivity index (χ1v) is 8.08. The molecule has 1 N–H and O–H groups in total. The van der Waals surface area contributed by atoms with E-state index in [0.717, 1.165) is 18.4 Å². The predicted octanol–water partition coefficient (Wildman–Crippen LogP) is 2.65. The number of pyridine rings is 1. The molecule has 0 aliphatic carbocycles. The summed E-state index contributed by atoms with van der Waals surface area (Å²) in [5, 5.41) is 3.12. The Kier molecular flexibility index (Phi) is 4.91. The maximum atomic E-state index is 13.2. The molecular formula is C16H19F3N6. The number of aromatic nitrogens is 3. The molecule has 0 saturated carbocycles. The lowest BCUT2D eigenvalue weighted by Crippen LogP contribution is -2.48. The average Bonchev–Trinajstić information content (AvgIpc) is 2.62. The van der Waals surface area contributed by atoms with E-state index >= 15 is 0 Å². The van der Waals surface area contributed by atoms with E-state index in [9.17, 15) is 13.2 Å². The zero-order chi connectivity index (χ0) is 17.9. The van der Waals surface area contributed by atoms with Crippen LogP contribution in [0.5, 0.6) is 0 Å². The van der Waals surface area contributed by atoms with Crippen LogP contribution in [-0.2, 0) is 6.18 Å². The Morgan fingerprint density at radius 1 is 1.04 bits per heavy atom. The van der Waals surface area contributed by atoms with Gasteiger partial charge in [0.05, 0.1) is 5.56 Å². The van der Waals surface area contributed by atoms with Crippen molar-refractivity contribution in [3.63, 3.8) is 0 Å². The number of nitrogens with zero attached hydrogens (tertiary/aromatic N) is 5. The summed E-state index contributed by atoms with van der Waals surface area (Å²) in [7, 11) is 0. The smallest absolute Gasteiger partial charge is 0.370 e. The van der Waals surface area contributed by atoms with Crippen molar-refractivity contribution in [2.24, 2.45) is 0 Å². The normalized spacial score (nSPS) is 15.4. The second kappa shape index (κ2) is 7.12. The van der Waals surface area contributed by atoms with Gasteiger partial charge < -0.3 is 15.1 Å². The number of piperazine rings is 1. The van der Waals surface area contributed by atoms with Crippen LogP contribution in [0, 0.1) is 0 Å². The SMILES string of the molecule is CCNc1ccnc(N2CCN(c3ncccc3C(F)(F)F)CC2)n1. The molecule has 2 aromatic rings. The standard InChI is InChI=1S/C16H19F3N6/c1-2-20-13-5-7-22-15(23-13)25-10-8-24(9-11-25)14-12(16(17,18)19)4-3-6-21-14/h3-7H,2,8-11H2,1H3,(H,20,22,23). The number of nitrogens with one attached hydrogen (secondary N) is 1. The summed E-state index contributed by atoms with van der Waals surface area (Å²) in [6.45, 7) is 4.65. The zero-order valence-electron chi connectivity index (χ0n) is 13.8. The van der Waals surface area contributed by atoms with Crippen LogP contribution in [0.4, 0.5) is 30.8 Å². The van der Waals surface area contributed by atoms with Gasteiger partial charge in [0, 0.05) is 45.1 Å². The Balaban J connectivity index is 1.72. The van der Waals surface area contributed by atoms with E-state index in [-0.39, 0.29) is 5.82 Å². The maximum absolute atomic E-state index is 13.2. The van der Waals surface area contributed by atoms with Crippen LogP contribution in [0.25, 0.3) is 0 Å². The minimum atomic E-state index is -4.41. The molecule has 0 radical (unpaired) electrons. The first-order chi connectivity index (χ1) is 12.0. The van der Waals surface area contributed by atoms with Gasteiger partial charge in [0.1, 0.15) is 11.6 Å². The molecule has 134 valence electrons. The third-order valence-electron chi connectivity index (χ3n) is 3.95. The first-order valence-electron chi connectivity index (χ1n) is 8.08. The Morgan fingerprint density at radius 2 is 1.76 bits per heavy atom. The Labute approximate surface area is 143 Å². The predicted molar refractivity (Wildman–Crippen MR) is 89.9 cm³/mol. The molecule has 1 fully saturated rings. The number of halogens is 3. The van der Waals surface area contributed by atoms with Crippen LogP contribution < -0.4 is 15.1 Å². The van der Waals surface area contributed by atoms with Crippen molar-refractivity contribution >= 4 is 17.6 Å². The highest BCUT2D eigenvalue weighted by atomic mass is 19.4. The average molecular weight is 352 g/mol. The van der Waals surface area contributed by atoms with Crippen molar-refractivity contribution in [3.05, 3.63) is 36.2 Å². The fraction of sp³-hybridized carbons (Fsp3) is 0.438. The highest BCUT2D eigenvalue weighted by Gasteiger charge is 2.36. The molecule has 1 aliphatic rings. The molecule has 9 heteroatoms. The quantitative estimate of drug-likeness (QED) is 0.913. The van der Waals surface area contributed by atoms with Crippen LogP contribution in [0.1, 0.15) is 12.5 Å².